The van der Waals surface area contributed by atoms with Gasteiger partial charge in [0.2, 0.25) is 0 Å². The van der Waals surface area contributed by atoms with E-state index in [-0.39, 0.29) is 24.1 Å². The monoisotopic (exact) mass is 432 g/mol. The van der Waals surface area contributed by atoms with E-state index in [0.29, 0.717) is 30.0 Å². The third kappa shape index (κ3) is 5.59. The van der Waals surface area contributed by atoms with Crippen LogP contribution in [0.2, 0.25) is 0 Å². The number of rotatable bonds is 7. The molecule has 0 spiro atoms. The average molecular weight is 432 g/mol. The first-order valence-electron chi connectivity index (χ1n) is 10.7. The number of carbonyl (C=O) groups excluding carboxylic acids is 2. The molecule has 5 nitrogen and oxygen atoms in total. The van der Waals surface area contributed by atoms with Crippen LogP contribution in [0.25, 0.3) is 0 Å². The van der Waals surface area contributed by atoms with Crippen molar-refractivity contribution in [3.05, 3.63) is 101 Å². The van der Waals surface area contributed by atoms with Gasteiger partial charge in [0, 0.05) is 43.9 Å². The zero-order valence-electron chi connectivity index (χ0n) is 17.7. The van der Waals surface area contributed by atoms with Crippen LogP contribution >= 0.6 is 0 Å². The van der Waals surface area contributed by atoms with Crippen LogP contribution in [0.15, 0.2) is 78.9 Å². The normalized spacial score (nSPS) is 14.2. The van der Waals surface area contributed by atoms with Gasteiger partial charge in [-0.15, -0.1) is 0 Å². The number of benzene rings is 3. The maximum Gasteiger partial charge on any atom is 0.260 e. The van der Waals surface area contributed by atoms with Gasteiger partial charge in [-0.3, -0.25) is 14.5 Å². The van der Waals surface area contributed by atoms with E-state index in [1.807, 2.05) is 18.2 Å². The highest BCUT2D eigenvalue weighted by molar-refractivity contribution is 6.09. The lowest BCUT2D eigenvalue weighted by Gasteiger charge is -2.34. The van der Waals surface area contributed by atoms with Crippen molar-refractivity contribution in [3.8, 4) is 5.75 Å². The molecular formula is C26H25FN2O3. The quantitative estimate of drug-likeness (QED) is 0.533. The molecule has 1 fully saturated rings. The zero-order chi connectivity index (χ0) is 22.3. The van der Waals surface area contributed by atoms with E-state index in [9.17, 15) is 14.0 Å². The lowest BCUT2D eigenvalue weighted by Crippen LogP contribution is -2.49. The van der Waals surface area contributed by atoms with Gasteiger partial charge in [-0.05, 0) is 29.8 Å². The van der Waals surface area contributed by atoms with Gasteiger partial charge >= 0.3 is 0 Å². The summed E-state index contributed by atoms with van der Waals surface area (Å²) in [4.78, 5) is 29.2. The molecule has 3 aromatic rings. The fourth-order valence-electron chi connectivity index (χ4n) is 3.72. The number of hydrogen-bond donors (Lipinski definition) is 0. The number of ketones is 1. The summed E-state index contributed by atoms with van der Waals surface area (Å²) < 4.78 is 18.7. The van der Waals surface area contributed by atoms with Gasteiger partial charge in [-0.1, -0.05) is 54.6 Å². The molecule has 0 saturated carbocycles. The van der Waals surface area contributed by atoms with Gasteiger partial charge < -0.3 is 9.64 Å². The Balaban J connectivity index is 1.26. The van der Waals surface area contributed by atoms with Crippen molar-refractivity contribution in [2.75, 3.05) is 32.8 Å². The van der Waals surface area contributed by atoms with Gasteiger partial charge in [0.05, 0.1) is 0 Å². The summed E-state index contributed by atoms with van der Waals surface area (Å²) in [5.41, 5.74) is 2.19. The first-order chi connectivity index (χ1) is 15.6. The number of piperazine rings is 1. The molecule has 0 N–H and O–H groups in total. The smallest absolute Gasteiger partial charge is 0.260 e. The van der Waals surface area contributed by atoms with Crippen molar-refractivity contribution < 1.29 is 18.7 Å². The molecule has 0 bridgehead atoms. The van der Waals surface area contributed by atoms with E-state index < -0.39 is 0 Å². The number of amides is 1. The second-order valence-electron chi connectivity index (χ2n) is 7.80. The van der Waals surface area contributed by atoms with Crippen molar-refractivity contribution in [1.82, 2.24) is 9.80 Å². The molecular weight excluding hydrogens is 407 g/mol. The summed E-state index contributed by atoms with van der Waals surface area (Å²) in [7, 11) is 0. The highest BCUT2D eigenvalue weighted by Crippen LogP contribution is 2.17. The third-order valence-electron chi connectivity index (χ3n) is 5.54. The van der Waals surface area contributed by atoms with Gasteiger partial charge in [0.15, 0.2) is 12.4 Å². The Morgan fingerprint density at radius 2 is 1.50 bits per heavy atom. The Morgan fingerprint density at radius 1 is 0.812 bits per heavy atom. The molecule has 164 valence electrons. The van der Waals surface area contributed by atoms with Crippen molar-refractivity contribution in [2.45, 2.75) is 6.54 Å². The molecule has 0 aliphatic carbocycles. The van der Waals surface area contributed by atoms with E-state index in [1.165, 1.54) is 12.1 Å². The Labute approximate surface area is 187 Å². The van der Waals surface area contributed by atoms with Gasteiger partial charge in [0.25, 0.3) is 5.91 Å². The molecule has 0 radical (unpaired) electrons. The summed E-state index contributed by atoms with van der Waals surface area (Å²) in [6.07, 6.45) is 0. The second kappa shape index (κ2) is 10.2. The molecule has 1 saturated heterocycles. The van der Waals surface area contributed by atoms with Crippen molar-refractivity contribution in [2.24, 2.45) is 0 Å². The molecule has 0 unspecified atom stereocenters. The summed E-state index contributed by atoms with van der Waals surface area (Å²) >= 11 is 0. The summed E-state index contributed by atoms with van der Waals surface area (Å²) in [6, 6.07) is 22.5. The molecule has 4 rings (SSSR count). The third-order valence-corrected chi connectivity index (χ3v) is 5.54. The minimum atomic E-state index is -0.237. The maximum absolute atomic E-state index is 13.1. The minimum Gasteiger partial charge on any atom is -0.484 e. The van der Waals surface area contributed by atoms with Crippen molar-refractivity contribution in [3.63, 3.8) is 0 Å². The molecule has 6 heteroatoms. The predicted molar refractivity (Wildman–Crippen MR) is 120 cm³/mol. The van der Waals surface area contributed by atoms with E-state index in [0.717, 1.165) is 25.2 Å². The Bertz CT molecular complexity index is 1060. The number of hydrogen-bond acceptors (Lipinski definition) is 4. The van der Waals surface area contributed by atoms with Crippen molar-refractivity contribution in [1.29, 1.82) is 0 Å². The van der Waals surface area contributed by atoms with Crippen LogP contribution < -0.4 is 4.74 Å². The fraction of sp³-hybridized carbons (Fsp3) is 0.231. The summed E-state index contributed by atoms with van der Waals surface area (Å²) in [5, 5.41) is 0. The lowest BCUT2D eigenvalue weighted by atomic mass is 10.0. The van der Waals surface area contributed by atoms with Crippen LogP contribution in [0.1, 0.15) is 21.5 Å². The number of ether oxygens (including phenoxy) is 1. The van der Waals surface area contributed by atoms with Crippen molar-refractivity contribution >= 4 is 11.7 Å². The maximum atomic E-state index is 13.1. The van der Waals surface area contributed by atoms with Crippen LogP contribution in [0, 0.1) is 5.82 Å². The highest BCUT2D eigenvalue weighted by atomic mass is 19.1. The summed E-state index contributed by atoms with van der Waals surface area (Å²) in [6.45, 7) is 3.42. The number of nitrogens with zero attached hydrogens (tertiary/aromatic N) is 2. The average Bonchev–Trinajstić information content (AvgIpc) is 2.85. The molecule has 3 aromatic carbocycles. The number of halogens is 1. The minimum absolute atomic E-state index is 0.0685. The van der Waals surface area contributed by atoms with E-state index in [4.69, 9.17) is 4.74 Å². The van der Waals surface area contributed by atoms with Gasteiger partial charge in [-0.2, -0.15) is 0 Å². The van der Waals surface area contributed by atoms with E-state index >= 15 is 0 Å². The second-order valence-corrected chi connectivity index (χ2v) is 7.80. The Morgan fingerprint density at radius 3 is 2.22 bits per heavy atom. The largest absolute Gasteiger partial charge is 0.484 e. The number of carbonyl (C=O) groups is 2. The standard InChI is InChI=1S/C26H25FN2O3/c27-23-11-9-20(10-12-23)18-28-13-15-29(16-14-28)25(30)19-32-24-8-4-7-22(17-24)26(31)21-5-2-1-3-6-21/h1-12,17H,13-16,18-19H2. The molecule has 0 aromatic heterocycles. The van der Waals surface area contributed by atoms with Gasteiger partial charge in [0.1, 0.15) is 11.6 Å². The van der Waals surface area contributed by atoms with Crippen LogP contribution in [0.4, 0.5) is 4.39 Å². The summed E-state index contributed by atoms with van der Waals surface area (Å²) in [5.74, 6) is 0.0973. The van der Waals surface area contributed by atoms with Crippen LogP contribution in [0.5, 0.6) is 5.75 Å². The van der Waals surface area contributed by atoms with Crippen LogP contribution in [-0.2, 0) is 11.3 Å². The predicted octanol–water partition coefficient (Wildman–Crippen LogP) is 3.78. The Kier molecular flexibility index (Phi) is 6.92. The fourth-order valence-corrected chi connectivity index (χ4v) is 3.72. The molecule has 32 heavy (non-hydrogen) atoms. The molecule has 0 atom stereocenters. The van der Waals surface area contributed by atoms with Gasteiger partial charge in [-0.25, -0.2) is 4.39 Å². The topological polar surface area (TPSA) is 49.9 Å². The molecule has 1 amide bonds. The van der Waals surface area contributed by atoms with E-state index in [1.54, 1.807) is 53.4 Å². The van der Waals surface area contributed by atoms with Crippen LogP contribution in [-0.4, -0.2) is 54.3 Å². The highest BCUT2D eigenvalue weighted by Gasteiger charge is 2.21. The first kappa shape index (κ1) is 21.7. The Hall–Kier alpha value is -3.51. The lowest BCUT2D eigenvalue weighted by molar-refractivity contribution is -0.135. The zero-order valence-corrected chi connectivity index (χ0v) is 17.7. The molecule has 1 heterocycles. The van der Waals surface area contributed by atoms with Crippen LogP contribution in [0.3, 0.4) is 0 Å². The first-order valence-corrected chi connectivity index (χ1v) is 10.7. The SMILES string of the molecule is O=C(c1ccccc1)c1cccc(OCC(=O)N2CCN(Cc3ccc(F)cc3)CC2)c1. The molecule has 1 aliphatic heterocycles. The molecule has 1 aliphatic rings. The van der Waals surface area contributed by atoms with E-state index in [2.05, 4.69) is 4.90 Å².